The second-order valence-electron chi connectivity index (χ2n) is 4.70. The maximum absolute atomic E-state index is 12.0. The Morgan fingerprint density at radius 2 is 1.89 bits per heavy atom. The first-order valence-corrected chi connectivity index (χ1v) is 5.92. The normalized spacial score (nSPS) is 17.5. The molecule has 4 N–H and O–H groups in total. The molecule has 1 aromatic carbocycles. The van der Waals surface area contributed by atoms with Crippen LogP contribution < -0.4 is 16.4 Å². The average Bonchev–Trinajstić information content (AvgIpc) is 2.27. The predicted molar refractivity (Wildman–Crippen MR) is 74.7 cm³/mol. The number of halogens is 1. The van der Waals surface area contributed by atoms with E-state index in [9.17, 15) is 9.59 Å². The zero-order chi connectivity index (χ0) is 13.2. The van der Waals surface area contributed by atoms with E-state index in [0.29, 0.717) is 18.7 Å². The maximum atomic E-state index is 12.0. The van der Waals surface area contributed by atoms with Gasteiger partial charge in [-0.1, -0.05) is 30.3 Å². The fourth-order valence-corrected chi connectivity index (χ4v) is 1.87. The van der Waals surface area contributed by atoms with Crippen LogP contribution in [0.2, 0.25) is 0 Å². The third-order valence-electron chi connectivity index (χ3n) is 3.37. The molecule has 1 aromatic rings. The van der Waals surface area contributed by atoms with Gasteiger partial charge < -0.3 is 16.4 Å². The molecular weight excluding hydrogens is 266 g/mol. The van der Waals surface area contributed by atoms with E-state index in [-0.39, 0.29) is 24.2 Å². The molecule has 2 rings (SSSR count). The molecule has 0 aromatic heterocycles. The van der Waals surface area contributed by atoms with Gasteiger partial charge in [-0.2, -0.15) is 0 Å². The first kappa shape index (κ1) is 15.5. The van der Waals surface area contributed by atoms with E-state index >= 15 is 0 Å². The standard InChI is InChI=1S/C13H17N3O2.ClH/c1-13(12(14)18,10-5-3-2-4-6-10)16-11(17)9-7-15-8-9;/h2-6,9,15H,7-8H2,1H3,(H2,14,18)(H,16,17);1H. The zero-order valence-corrected chi connectivity index (χ0v) is 11.5. The van der Waals surface area contributed by atoms with Gasteiger partial charge in [-0.15, -0.1) is 12.4 Å². The Morgan fingerprint density at radius 3 is 2.32 bits per heavy atom. The minimum absolute atomic E-state index is 0. The van der Waals surface area contributed by atoms with Gasteiger partial charge in [-0.3, -0.25) is 9.59 Å². The van der Waals surface area contributed by atoms with Gasteiger partial charge in [0, 0.05) is 13.1 Å². The number of benzene rings is 1. The number of nitrogens with one attached hydrogen (secondary N) is 2. The molecule has 104 valence electrons. The highest BCUT2D eigenvalue weighted by Crippen LogP contribution is 2.21. The molecule has 0 spiro atoms. The number of hydrogen-bond donors (Lipinski definition) is 3. The van der Waals surface area contributed by atoms with Crippen molar-refractivity contribution in [1.82, 2.24) is 10.6 Å². The molecule has 1 saturated heterocycles. The molecule has 0 bridgehead atoms. The van der Waals surface area contributed by atoms with Crippen LogP contribution in [-0.4, -0.2) is 24.9 Å². The van der Waals surface area contributed by atoms with Gasteiger partial charge >= 0.3 is 0 Å². The van der Waals surface area contributed by atoms with Gasteiger partial charge in [0.25, 0.3) is 0 Å². The predicted octanol–water partition coefficient (Wildman–Crippen LogP) is 0.145. The fraction of sp³-hybridized carbons (Fsp3) is 0.385. The summed E-state index contributed by atoms with van der Waals surface area (Å²) >= 11 is 0. The molecule has 0 saturated carbocycles. The van der Waals surface area contributed by atoms with Crippen molar-refractivity contribution in [2.45, 2.75) is 12.5 Å². The molecule has 1 atom stereocenters. The molecule has 6 heteroatoms. The van der Waals surface area contributed by atoms with Crippen molar-refractivity contribution in [2.24, 2.45) is 11.7 Å². The monoisotopic (exact) mass is 283 g/mol. The summed E-state index contributed by atoms with van der Waals surface area (Å²) in [6.07, 6.45) is 0. The van der Waals surface area contributed by atoms with Crippen molar-refractivity contribution in [2.75, 3.05) is 13.1 Å². The van der Waals surface area contributed by atoms with Crippen LogP contribution in [0.3, 0.4) is 0 Å². The Kier molecular flexibility index (Phi) is 4.91. The molecule has 1 fully saturated rings. The van der Waals surface area contributed by atoms with Crippen molar-refractivity contribution in [3.8, 4) is 0 Å². The highest BCUT2D eigenvalue weighted by Gasteiger charge is 2.37. The van der Waals surface area contributed by atoms with Gasteiger partial charge in [0.2, 0.25) is 11.8 Å². The second kappa shape index (κ2) is 6.04. The van der Waals surface area contributed by atoms with Crippen LogP contribution in [0.15, 0.2) is 30.3 Å². The van der Waals surface area contributed by atoms with Crippen LogP contribution in [0.25, 0.3) is 0 Å². The number of carbonyl (C=O) groups excluding carboxylic acids is 2. The Bertz CT molecular complexity index is 462. The first-order chi connectivity index (χ1) is 8.54. The molecule has 1 aliphatic rings. The average molecular weight is 284 g/mol. The number of nitrogens with two attached hydrogens (primary N) is 1. The Labute approximate surface area is 118 Å². The lowest BCUT2D eigenvalue weighted by atomic mass is 9.89. The zero-order valence-electron chi connectivity index (χ0n) is 10.7. The third kappa shape index (κ3) is 3.05. The summed E-state index contributed by atoms with van der Waals surface area (Å²) in [5.74, 6) is -0.777. The molecule has 19 heavy (non-hydrogen) atoms. The maximum Gasteiger partial charge on any atom is 0.247 e. The van der Waals surface area contributed by atoms with E-state index in [1.165, 1.54) is 0 Å². The molecule has 1 heterocycles. The summed E-state index contributed by atoms with van der Waals surface area (Å²) in [4.78, 5) is 23.6. The molecular formula is C13H18ClN3O2. The highest BCUT2D eigenvalue weighted by atomic mass is 35.5. The van der Waals surface area contributed by atoms with Crippen molar-refractivity contribution in [3.63, 3.8) is 0 Å². The molecule has 1 unspecified atom stereocenters. The number of amides is 2. The summed E-state index contributed by atoms with van der Waals surface area (Å²) in [5.41, 5.74) is 4.98. The second-order valence-corrected chi connectivity index (χ2v) is 4.70. The van der Waals surface area contributed by atoms with E-state index in [1.807, 2.05) is 18.2 Å². The largest absolute Gasteiger partial charge is 0.367 e. The van der Waals surface area contributed by atoms with Crippen molar-refractivity contribution in [3.05, 3.63) is 35.9 Å². The smallest absolute Gasteiger partial charge is 0.247 e. The van der Waals surface area contributed by atoms with Crippen LogP contribution in [0.5, 0.6) is 0 Å². The van der Waals surface area contributed by atoms with Gasteiger partial charge in [0.1, 0.15) is 5.54 Å². The van der Waals surface area contributed by atoms with E-state index < -0.39 is 11.4 Å². The van der Waals surface area contributed by atoms with Crippen LogP contribution in [0.1, 0.15) is 12.5 Å². The lowest BCUT2D eigenvalue weighted by Crippen LogP contribution is -2.58. The lowest BCUT2D eigenvalue weighted by molar-refractivity contribution is -0.134. The molecule has 1 aliphatic heterocycles. The first-order valence-electron chi connectivity index (χ1n) is 5.92. The van der Waals surface area contributed by atoms with Crippen molar-refractivity contribution < 1.29 is 9.59 Å². The van der Waals surface area contributed by atoms with E-state index in [0.717, 1.165) is 0 Å². The third-order valence-corrected chi connectivity index (χ3v) is 3.37. The van der Waals surface area contributed by atoms with Gasteiger partial charge in [0.15, 0.2) is 0 Å². The lowest BCUT2D eigenvalue weighted by Gasteiger charge is -2.33. The van der Waals surface area contributed by atoms with E-state index in [1.54, 1.807) is 19.1 Å². The molecule has 2 amide bonds. The van der Waals surface area contributed by atoms with Crippen molar-refractivity contribution >= 4 is 24.2 Å². The SMILES string of the molecule is CC(NC(=O)C1CNC1)(C(N)=O)c1ccccc1.Cl. The molecule has 0 aliphatic carbocycles. The Morgan fingerprint density at radius 1 is 1.32 bits per heavy atom. The van der Waals surface area contributed by atoms with Gasteiger partial charge in [-0.05, 0) is 12.5 Å². The summed E-state index contributed by atoms with van der Waals surface area (Å²) in [7, 11) is 0. The summed E-state index contributed by atoms with van der Waals surface area (Å²) < 4.78 is 0. The van der Waals surface area contributed by atoms with Crippen LogP contribution >= 0.6 is 12.4 Å². The van der Waals surface area contributed by atoms with Crippen LogP contribution in [0.4, 0.5) is 0 Å². The van der Waals surface area contributed by atoms with E-state index in [4.69, 9.17) is 5.73 Å². The van der Waals surface area contributed by atoms with Crippen molar-refractivity contribution in [1.29, 1.82) is 0 Å². The summed E-state index contributed by atoms with van der Waals surface area (Å²) in [6, 6.07) is 9.04. The fourth-order valence-electron chi connectivity index (χ4n) is 1.87. The minimum Gasteiger partial charge on any atom is -0.367 e. The van der Waals surface area contributed by atoms with Gasteiger partial charge in [0.05, 0.1) is 5.92 Å². The quantitative estimate of drug-likeness (QED) is 0.735. The number of rotatable bonds is 4. The summed E-state index contributed by atoms with van der Waals surface area (Å²) in [6.45, 7) is 2.93. The van der Waals surface area contributed by atoms with Gasteiger partial charge in [-0.25, -0.2) is 0 Å². The number of primary amides is 1. The Balaban J connectivity index is 0.00000180. The minimum atomic E-state index is -1.16. The summed E-state index contributed by atoms with van der Waals surface area (Å²) in [5, 5.41) is 5.78. The van der Waals surface area contributed by atoms with Crippen LogP contribution in [-0.2, 0) is 15.1 Å². The topological polar surface area (TPSA) is 84.2 Å². The molecule has 5 nitrogen and oxygen atoms in total. The highest BCUT2D eigenvalue weighted by molar-refractivity contribution is 5.92. The number of carbonyl (C=O) groups is 2. The van der Waals surface area contributed by atoms with E-state index in [2.05, 4.69) is 10.6 Å². The Hall–Kier alpha value is -1.59. The number of hydrogen-bond acceptors (Lipinski definition) is 3. The molecule has 0 radical (unpaired) electrons. The van der Waals surface area contributed by atoms with Crippen LogP contribution in [0, 0.1) is 5.92 Å².